The summed E-state index contributed by atoms with van der Waals surface area (Å²) in [4.78, 5) is 0. The maximum atomic E-state index is 9.83. The Kier molecular flexibility index (Phi) is 6.61. The van der Waals surface area contributed by atoms with E-state index in [0.717, 1.165) is 0 Å². The van der Waals surface area contributed by atoms with E-state index in [9.17, 15) is 5.11 Å². The van der Waals surface area contributed by atoms with Crippen molar-refractivity contribution in [2.75, 3.05) is 6.61 Å². The summed E-state index contributed by atoms with van der Waals surface area (Å²) in [5.74, 6) is 5.80. The topological polar surface area (TPSA) is 29.5 Å². The van der Waals surface area contributed by atoms with Crippen molar-refractivity contribution in [3.05, 3.63) is 72.8 Å². The van der Waals surface area contributed by atoms with Gasteiger partial charge in [0.2, 0.25) is 0 Å². The number of benzene rings is 2. The normalized spacial score (nSPS) is 12.8. The van der Waals surface area contributed by atoms with Crippen LogP contribution in [-0.2, 0) is 4.43 Å². The summed E-state index contributed by atoms with van der Waals surface area (Å²) in [6.07, 6.45) is -0.808. The Hall–Kier alpha value is -2.12. The van der Waals surface area contributed by atoms with Crippen LogP contribution in [0.3, 0.4) is 0 Å². The number of hydrogen-bond donors (Lipinski definition) is 1. The Labute approximate surface area is 158 Å². The molecular formula is C23H28O2Si. The minimum atomic E-state index is -2.56. The van der Waals surface area contributed by atoms with Crippen molar-refractivity contribution in [1.29, 1.82) is 0 Å². The Morgan fingerprint density at radius 3 is 1.88 bits per heavy atom. The molecule has 0 aliphatic rings. The van der Waals surface area contributed by atoms with Crippen LogP contribution in [0.25, 0.3) is 0 Å². The zero-order valence-electron chi connectivity index (χ0n) is 16.1. The van der Waals surface area contributed by atoms with Crippen molar-refractivity contribution < 1.29 is 9.53 Å². The van der Waals surface area contributed by atoms with Crippen molar-refractivity contribution in [2.24, 2.45) is 0 Å². The van der Waals surface area contributed by atoms with Gasteiger partial charge in [-0.25, -0.2) is 0 Å². The van der Waals surface area contributed by atoms with Gasteiger partial charge in [0.05, 0.1) is 6.61 Å². The van der Waals surface area contributed by atoms with E-state index in [-0.39, 0.29) is 11.6 Å². The highest BCUT2D eigenvalue weighted by atomic mass is 28.4. The predicted octanol–water partition coefficient (Wildman–Crippen LogP) is 3.50. The van der Waals surface area contributed by atoms with Crippen LogP contribution >= 0.6 is 0 Å². The third kappa shape index (κ3) is 4.34. The zero-order chi connectivity index (χ0) is 19.2. The first-order chi connectivity index (χ1) is 12.3. The second-order valence-corrected chi connectivity index (χ2v) is 11.8. The lowest BCUT2D eigenvalue weighted by molar-refractivity contribution is 0.268. The quantitative estimate of drug-likeness (QED) is 0.500. The fourth-order valence-electron chi connectivity index (χ4n) is 3.17. The monoisotopic (exact) mass is 364 g/mol. The first-order valence-electron chi connectivity index (χ1n) is 8.86. The van der Waals surface area contributed by atoms with Crippen molar-refractivity contribution in [2.45, 2.75) is 38.8 Å². The molecule has 0 aliphatic heterocycles. The third-order valence-corrected chi connectivity index (χ3v) is 9.47. The summed E-state index contributed by atoms with van der Waals surface area (Å²) in [5, 5.41) is 12.2. The Morgan fingerprint density at radius 1 is 1.04 bits per heavy atom. The molecule has 0 fully saturated rings. The molecule has 0 heterocycles. The minimum absolute atomic E-state index is 0.0790. The van der Waals surface area contributed by atoms with Gasteiger partial charge < -0.3 is 9.53 Å². The second kappa shape index (κ2) is 8.51. The molecule has 1 unspecified atom stereocenters. The SMILES string of the molecule is C=C(C)C(O)C#CCO[Si](c1ccccc1)(c1ccccc1)C(C)(C)C. The molecule has 0 spiro atoms. The van der Waals surface area contributed by atoms with E-state index in [1.807, 2.05) is 12.1 Å². The molecule has 2 aromatic carbocycles. The summed E-state index contributed by atoms with van der Waals surface area (Å²) >= 11 is 0. The number of aliphatic hydroxyl groups is 1. The number of hydrogen-bond acceptors (Lipinski definition) is 2. The highest BCUT2D eigenvalue weighted by Crippen LogP contribution is 2.36. The van der Waals surface area contributed by atoms with Crippen molar-refractivity contribution >= 4 is 18.7 Å². The van der Waals surface area contributed by atoms with Gasteiger partial charge in [0.1, 0.15) is 6.10 Å². The zero-order valence-corrected chi connectivity index (χ0v) is 17.1. The van der Waals surface area contributed by atoms with Gasteiger partial charge in [0, 0.05) is 0 Å². The molecule has 0 bridgehead atoms. The number of aliphatic hydroxyl groups excluding tert-OH is 1. The molecular weight excluding hydrogens is 336 g/mol. The average Bonchev–Trinajstić information content (AvgIpc) is 2.62. The van der Waals surface area contributed by atoms with Crippen molar-refractivity contribution in [1.82, 2.24) is 0 Å². The van der Waals surface area contributed by atoms with Gasteiger partial charge in [-0.2, -0.15) is 0 Å². The molecule has 2 aromatic rings. The maximum absolute atomic E-state index is 9.83. The molecule has 26 heavy (non-hydrogen) atoms. The van der Waals surface area contributed by atoms with Gasteiger partial charge in [-0.05, 0) is 27.9 Å². The van der Waals surface area contributed by atoms with Crippen LogP contribution in [0.5, 0.6) is 0 Å². The van der Waals surface area contributed by atoms with Crippen LogP contribution in [0.4, 0.5) is 0 Å². The summed E-state index contributed by atoms with van der Waals surface area (Å²) in [7, 11) is -2.56. The Bertz CT molecular complexity index is 740. The van der Waals surface area contributed by atoms with Gasteiger partial charge >= 0.3 is 0 Å². The Morgan fingerprint density at radius 2 is 1.50 bits per heavy atom. The summed E-state index contributed by atoms with van der Waals surface area (Å²) in [6, 6.07) is 20.9. The van der Waals surface area contributed by atoms with Gasteiger partial charge in [-0.1, -0.05) is 99.9 Å². The van der Waals surface area contributed by atoms with E-state index < -0.39 is 14.4 Å². The highest BCUT2D eigenvalue weighted by Gasteiger charge is 2.49. The smallest absolute Gasteiger partial charge is 0.262 e. The summed E-state index contributed by atoms with van der Waals surface area (Å²) in [6.45, 7) is 12.5. The van der Waals surface area contributed by atoms with Crippen molar-refractivity contribution in [3.8, 4) is 11.8 Å². The second-order valence-electron chi connectivity index (χ2n) is 7.52. The molecule has 1 atom stereocenters. The fourth-order valence-corrected chi connectivity index (χ4v) is 7.61. The summed E-state index contributed by atoms with van der Waals surface area (Å²) < 4.78 is 6.62. The third-order valence-electron chi connectivity index (χ3n) is 4.48. The molecule has 0 aromatic heterocycles. The highest BCUT2D eigenvalue weighted by molar-refractivity contribution is 6.99. The van der Waals surface area contributed by atoms with Gasteiger partial charge in [0.15, 0.2) is 0 Å². The van der Waals surface area contributed by atoms with Crippen LogP contribution in [0, 0.1) is 11.8 Å². The van der Waals surface area contributed by atoms with Crippen LogP contribution in [0.2, 0.25) is 5.04 Å². The molecule has 2 rings (SSSR count). The van der Waals surface area contributed by atoms with E-state index in [1.54, 1.807) is 6.92 Å². The number of rotatable bonds is 5. The lowest BCUT2D eigenvalue weighted by Gasteiger charge is -2.42. The van der Waals surface area contributed by atoms with E-state index >= 15 is 0 Å². The lowest BCUT2D eigenvalue weighted by Crippen LogP contribution is -2.66. The van der Waals surface area contributed by atoms with Crippen molar-refractivity contribution in [3.63, 3.8) is 0 Å². The van der Waals surface area contributed by atoms with Gasteiger partial charge in [-0.15, -0.1) is 0 Å². The molecule has 1 N–H and O–H groups in total. The lowest BCUT2D eigenvalue weighted by atomic mass is 10.2. The van der Waals surface area contributed by atoms with Gasteiger partial charge in [0.25, 0.3) is 8.32 Å². The first kappa shape index (κ1) is 20.2. The van der Waals surface area contributed by atoms with Crippen LogP contribution in [-0.4, -0.2) is 26.1 Å². The van der Waals surface area contributed by atoms with Crippen LogP contribution < -0.4 is 10.4 Å². The molecule has 0 amide bonds. The van der Waals surface area contributed by atoms with E-state index in [0.29, 0.717) is 5.57 Å². The molecule has 0 saturated heterocycles. The minimum Gasteiger partial charge on any atom is -0.396 e. The van der Waals surface area contributed by atoms with E-state index in [1.165, 1.54) is 10.4 Å². The largest absolute Gasteiger partial charge is 0.396 e. The summed E-state index contributed by atoms with van der Waals surface area (Å²) in [5.41, 5.74) is 0.642. The van der Waals surface area contributed by atoms with E-state index in [4.69, 9.17) is 4.43 Å². The molecule has 0 radical (unpaired) electrons. The molecule has 3 heteroatoms. The fraction of sp³-hybridized carbons (Fsp3) is 0.304. The predicted molar refractivity (Wildman–Crippen MR) is 112 cm³/mol. The standard InChI is InChI=1S/C23H28O2Si/c1-19(2)22(24)17-12-18-25-26(23(3,4)5,20-13-8-6-9-14-20)21-15-10-7-11-16-21/h6-11,13-16,22,24H,1,18H2,2-5H3. The first-order valence-corrected chi connectivity index (χ1v) is 10.8. The van der Waals surface area contributed by atoms with Crippen LogP contribution in [0.15, 0.2) is 72.8 Å². The van der Waals surface area contributed by atoms with Crippen LogP contribution in [0.1, 0.15) is 27.7 Å². The maximum Gasteiger partial charge on any atom is 0.262 e. The van der Waals surface area contributed by atoms with E-state index in [2.05, 4.69) is 87.7 Å². The molecule has 0 saturated carbocycles. The molecule has 136 valence electrons. The molecule has 0 aliphatic carbocycles. The Balaban J connectivity index is 2.49. The average molecular weight is 365 g/mol. The molecule has 2 nitrogen and oxygen atoms in total. The van der Waals surface area contributed by atoms with Gasteiger partial charge in [-0.3, -0.25) is 0 Å².